The molecule has 16 heavy (non-hydrogen) atoms. The fraction of sp³-hybridized carbons (Fsp3) is 1.00. The molecular formula is C12H24N2O2. The summed E-state index contributed by atoms with van der Waals surface area (Å²) in [6.07, 6.45) is 4.32. The lowest BCUT2D eigenvalue weighted by atomic mass is 10.0. The molecular weight excluding hydrogens is 204 g/mol. The van der Waals surface area contributed by atoms with Gasteiger partial charge in [-0.2, -0.15) is 0 Å². The Hall–Kier alpha value is -0.160. The quantitative estimate of drug-likeness (QED) is 0.717. The third-order valence-electron chi connectivity index (χ3n) is 4.09. The van der Waals surface area contributed by atoms with E-state index in [4.69, 9.17) is 15.2 Å². The fourth-order valence-corrected chi connectivity index (χ4v) is 2.84. The van der Waals surface area contributed by atoms with Gasteiger partial charge in [0.2, 0.25) is 0 Å². The van der Waals surface area contributed by atoms with E-state index in [9.17, 15) is 0 Å². The molecule has 0 bridgehead atoms. The first-order chi connectivity index (χ1) is 7.73. The summed E-state index contributed by atoms with van der Waals surface area (Å²) in [5.41, 5.74) is 6.19. The zero-order chi connectivity index (χ0) is 11.6. The first-order valence-electron chi connectivity index (χ1n) is 6.21. The molecule has 4 nitrogen and oxygen atoms in total. The van der Waals surface area contributed by atoms with Crippen molar-refractivity contribution < 1.29 is 9.47 Å². The average molecular weight is 228 g/mol. The standard InChI is InChI=1S/C12H24N2O2/c1-15-10-7-14(8-11(10)16-2)9-12(3-4-12)5-6-13/h10-11H,3-9,13H2,1-2H3. The molecule has 2 aliphatic rings. The van der Waals surface area contributed by atoms with Crippen LogP contribution in [0.4, 0.5) is 0 Å². The van der Waals surface area contributed by atoms with Crippen molar-refractivity contribution in [2.75, 3.05) is 40.4 Å². The van der Waals surface area contributed by atoms with Gasteiger partial charge in [-0.1, -0.05) is 0 Å². The van der Waals surface area contributed by atoms with Crippen molar-refractivity contribution >= 4 is 0 Å². The Morgan fingerprint density at radius 2 is 1.75 bits per heavy atom. The molecule has 94 valence electrons. The third kappa shape index (κ3) is 2.56. The number of likely N-dealkylation sites (tertiary alicyclic amines) is 1. The van der Waals surface area contributed by atoms with Crippen LogP contribution in [0.1, 0.15) is 19.3 Å². The minimum absolute atomic E-state index is 0.235. The van der Waals surface area contributed by atoms with Gasteiger partial charge in [-0.05, 0) is 31.2 Å². The summed E-state index contributed by atoms with van der Waals surface area (Å²) in [4.78, 5) is 2.48. The van der Waals surface area contributed by atoms with Gasteiger partial charge in [0.05, 0.1) is 12.2 Å². The molecule has 0 spiro atoms. The minimum atomic E-state index is 0.235. The third-order valence-corrected chi connectivity index (χ3v) is 4.09. The zero-order valence-electron chi connectivity index (χ0n) is 10.4. The zero-order valence-corrected chi connectivity index (χ0v) is 10.4. The normalized spacial score (nSPS) is 33.2. The summed E-state index contributed by atoms with van der Waals surface area (Å²) in [6, 6.07) is 0. The Labute approximate surface area is 98.1 Å². The van der Waals surface area contributed by atoms with Crippen LogP contribution in [0.5, 0.6) is 0 Å². The maximum Gasteiger partial charge on any atom is 0.0971 e. The van der Waals surface area contributed by atoms with Gasteiger partial charge in [-0.25, -0.2) is 0 Å². The molecule has 2 atom stereocenters. The van der Waals surface area contributed by atoms with Gasteiger partial charge < -0.3 is 15.2 Å². The molecule has 0 amide bonds. The van der Waals surface area contributed by atoms with Crippen molar-refractivity contribution in [1.29, 1.82) is 0 Å². The summed E-state index contributed by atoms with van der Waals surface area (Å²) >= 11 is 0. The molecule has 1 heterocycles. The lowest BCUT2D eigenvalue weighted by Crippen LogP contribution is -2.31. The van der Waals surface area contributed by atoms with Crippen molar-refractivity contribution in [2.24, 2.45) is 11.1 Å². The molecule has 2 unspecified atom stereocenters. The molecule has 2 fully saturated rings. The van der Waals surface area contributed by atoms with Gasteiger partial charge >= 0.3 is 0 Å². The fourth-order valence-electron chi connectivity index (χ4n) is 2.84. The van der Waals surface area contributed by atoms with E-state index in [0.717, 1.165) is 19.6 Å². The second kappa shape index (κ2) is 5.00. The predicted octanol–water partition coefficient (Wildman–Crippen LogP) is 0.461. The van der Waals surface area contributed by atoms with Crippen LogP contribution in [-0.4, -0.2) is 57.5 Å². The monoisotopic (exact) mass is 228 g/mol. The van der Waals surface area contributed by atoms with Gasteiger partial charge in [0, 0.05) is 33.9 Å². The lowest BCUT2D eigenvalue weighted by molar-refractivity contribution is -0.00461. The molecule has 0 aromatic carbocycles. The molecule has 2 N–H and O–H groups in total. The Morgan fingerprint density at radius 3 is 2.12 bits per heavy atom. The number of nitrogens with zero attached hydrogens (tertiary/aromatic N) is 1. The first-order valence-corrected chi connectivity index (χ1v) is 6.21. The molecule has 2 rings (SSSR count). The van der Waals surface area contributed by atoms with Gasteiger partial charge in [0.15, 0.2) is 0 Å². The highest BCUT2D eigenvalue weighted by Crippen LogP contribution is 2.49. The van der Waals surface area contributed by atoms with E-state index >= 15 is 0 Å². The summed E-state index contributed by atoms with van der Waals surface area (Å²) in [7, 11) is 3.54. The van der Waals surface area contributed by atoms with Crippen molar-refractivity contribution in [1.82, 2.24) is 4.90 Å². The van der Waals surface area contributed by atoms with Crippen LogP contribution < -0.4 is 5.73 Å². The van der Waals surface area contributed by atoms with E-state index in [1.807, 2.05) is 0 Å². The lowest BCUT2D eigenvalue weighted by Gasteiger charge is -2.22. The van der Waals surface area contributed by atoms with Gasteiger partial charge in [0.25, 0.3) is 0 Å². The molecule has 1 aliphatic heterocycles. The van der Waals surface area contributed by atoms with Crippen molar-refractivity contribution in [3.8, 4) is 0 Å². The molecule has 0 radical (unpaired) electrons. The van der Waals surface area contributed by atoms with E-state index in [0.29, 0.717) is 5.41 Å². The molecule has 0 aromatic heterocycles. The maximum absolute atomic E-state index is 5.67. The number of hydrogen-bond donors (Lipinski definition) is 1. The molecule has 0 aromatic rings. The highest BCUT2D eigenvalue weighted by atomic mass is 16.5. The smallest absolute Gasteiger partial charge is 0.0971 e. The van der Waals surface area contributed by atoms with E-state index in [1.54, 1.807) is 14.2 Å². The van der Waals surface area contributed by atoms with Crippen LogP contribution >= 0.6 is 0 Å². The second-order valence-corrected chi connectivity index (χ2v) is 5.28. The number of hydrogen-bond acceptors (Lipinski definition) is 4. The summed E-state index contributed by atoms with van der Waals surface area (Å²) in [5.74, 6) is 0. The van der Waals surface area contributed by atoms with Crippen LogP contribution in [0.15, 0.2) is 0 Å². The first kappa shape index (κ1) is 12.3. The van der Waals surface area contributed by atoms with Crippen LogP contribution in [0.3, 0.4) is 0 Å². The summed E-state index contributed by atoms with van der Waals surface area (Å²) in [6.45, 7) is 3.99. The largest absolute Gasteiger partial charge is 0.377 e. The van der Waals surface area contributed by atoms with Gasteiger partial charge in [0.1, 0.15) is 0 Å². The highest BCUT2D eigenvalue weighted by molar-refractivity contribution is 4.98. The molecule has 1 saturated carbocycles. The second-order valence-electron chi connectivity index (χ2n) is 5.28. The predicted molar refractivity (Wildman–Crippen MR) is 63.4 cm³/mol. The van der Waals surface area contributed by atoms with Crippen molar-refractivity contribution in [3.63, 3.8) is 0 Å². The molecule has 1 aliphatic carbocycles. The average Bonchev–Trinajstić information content (AvgIpc) is 2.91. The SMILES string of the molecule is COC1CN(CC2(CCN)CC2)CC1OC. The topological polar surface area (TPSA) is 47.7 Å². The van der Waals surface area contributed by atoms with Gasteiger partial charge in [-0.3, -0.25) is 4.90 Å². The van der Waals surface area contributed by atoms with Gasteiger partial charge in [-0.15, -0.1) is 0 Å². The summed E-state index contributed by atoms with van der Waals surface area (Å²) < 4.78 is 10.9. The van der Waals surface area contributed by atoms with Crippen LogP contribution in [0.25, 0.3) is 0 Å². The van der Waals surface area contributed by atoms with Crippen LogP contribution in [-0.2, 0) is 9.47 Å². The van der Waals surface area contributed by atoms with Crippen LogP contribution in [0.2, 0.25) is 0 Å². The Balaban J connectivity index is 1.83. The van der Waals surface area contributed by atoms with Crippen LogP contribution in [0, 0.1) is 5.41 Å². The Kier molecular flexibility index (Phi) is 3.85. The van der Waals surface area contributed by atoms with E-state index < -0.39 is 0 Å². The maximum atomic E-state index is 5.67. The number of nitrogens with two attached hydrogens (primary N) is 1. The van der Waals surface area contributed by atoms with E-state index in [2.05, 4.69) is 4.90 Å². The minimum Gasteiger partial charge on any atom is -0.377 e. The van der Waals surface area contributed by atoms with Crippen molar-refractivity contribution in [2.45, 2.75) is 31.5 Å². The Bertz CT molecular complexity index is 219. The number of methoxy groups -OCH3 is 2. The molecule has 4 heteroatoms. The van der Waals surface area contributed by atoms with E-state index in [1.165, 1.54) is 25.8 Å². The Morgan fingerprint density at radius 1 is 1.19 bits per heavy atom. The number of ether oxygens (including phenoxy) is 2. The van der Waals surface area contributed by atoms with E-state index in [-0.39, 0.29) is 12.2 Å². The highest BCUT2D eigenvalue weighted by Gasteiger charge is 2.45. The number of rotatable bonds is 6. The van der Waals surface area contributed by atoms with Crippen molar-refractivity contribution in [3.05, 3.63) is 0 Å². The molecule has 1 saturated heterocycles. The summed E-state index contributed by atoms with van der Waals surface area (Å²) in [5, 5.41) is 0.